The van der Waals surface area contributed by atoms with Crippen molar-refractivity contribution in [1.82, 2.24) is 14.3 Å². The lowest BCUT2D eigenvalue weighted by Crippen LogP contribution is -2.27. The van der Waals surface area contributed by atoms with Crippen LogP contribution >= 0.6 is 23.2 Å². The van der Waals surface area contributed by atoms with Gasteiger partial charge in [-0.25, -0.2) is 9.07 Å². The van der Waals surface area contributed by atoms with Gasteiger partial charge in [0.2, 0.25) is 0 Å². The van der Waals surface area contributed by atoms with E-state index in [4.69, 9.17) is 27.9 Å². The molecule has 1 aliphatic heterocycles. The van der Waals surface area contributed by atoms with Crippen molar-refractivity contribution in [2.75, 3.05) is 0 Å². The predicted octanol–water partition coefficient (Wildman–Crippen LogP) is 4.53. The molecule has 0 radical (unpaired) electrons. The third-order valence-corrected chi connectivity index (χ3v) is 5.23. The highest BCUT2D eigenvalue weighted by Gasteiger charge is 2.25. The van der Waals surface area contributed by atoms with Gasteiger partial charge in [0.15, 0.2) is 0 Å². The van der Waals surface area contributed by atoms with Crippen LogP contribution in [-0.2, 0) is 19.7 Å². The lowest BCUT2D eigenvalue weighted by Gasteiger charge is -2.17. The molecule has 2 aromatic heterocycles. The van der Waals surface area contributed by atoms with Crippen molar-refractivity contribution in [3.63, 3.8) is 0 Å². The molecule has 0 saturated heterocycles. The number of aromatic nitrogens is 3. The van der Waals surface area contributed by atoms with Gasteiger partial charge >= 0.3 is 0 Å². The Morgan fingerprint density at radius 3 is 2.63 bits per heavy atom. The Kier molecular flexibility index (Phi) is 4.93. The number of hydrogen-bond acceptors (Lipinski definition) is 3. The molecule has 0 unspecified atom stereocenters. The fourth-order valence-electron chi connectivity index (χ4n) is 3.22. The molecular weight excluding hydrogens is 392 g/mol. The fraction of sp³-hybridized carbons (Fsp3) is 0.263. The van der Waals surface area contributed by atoms with Gasteiger partial charge in [0.05, 0.1) is 16.3 Å². The number of nitrogens with zero attached hydrogens (tertiary/aromatic N) is 3. The van der Waals surface area contributed by atoms with Crippen LogP contribution < -0.4 is 10.3 Å². The molecule has 0 spiro atoms. The highest BCUT2D eigenvalue weighted by atomic mass is 35.5. The third kappa shape index (κ3) is 3.35. The zero-order valence-corrected chi connectivity index (χ0v) is 15.8. The van der Waals surface area contributed by atoms with Crippen LogP contribution in [-0.4, -0.2) is 14.3 Å². The molecule has 0 saturated carbocycles. The van der Waals surface area contributed by atoms with E-state index in [2.05, 4.69) is 4.98 Å². The van der Waals surface area contributed by atoms with Crippen LogP contribution in [0.5, 0.6) is 5.75 Å². The van der Waals surface area contributed by atoms with E-state index in [0.29, 0.717) is 18.8 Å². The van der Waals surface area contributed by atoms with E-state index in [1.165, 1.54) is 6.07 Å². The van der Waals surface area contributed by atoms with E-state index < -0.39 is 5.82 Å². The van der Waals surface area contributed by atoms with E-state index in [1.807, 2.05) is 12.1 Å². The SMILES string of the molecule is O=c1c(-c2cc(OCc3ccccn3)c(Cl)cc2F)c(Cl)n2n1CCCC2. The van der Waals surface area contributed by atoms with Gasteiger partial charge < -0.3 is 4.74 Å². The van der Waals surface area contributed by atoms with Gasteiger partial charge in [-0.15, -0.1) is 0 Å². The average molecular weight is 408 g/mol. The van der Waals surface area contributed by atoms with E-state index >= 15 is 0 Å². The largest absolute Gasteiger partial charge is 0.486 e. The maximum absolute atomic E-state index is 14.6. The molecule has 0 bridgehead atoms. The summed E-state index contributed by atoms with van der Waals surface area (Å²) in [5, 5.41) is 0.351. The molecular formula is C19H16Cl2FN3O2. The summed E-state index contributed by atoms with van der Waals surface area (Å²) < 4.78 is 23.6. The first-order valence-corrected chi connectivity index (χ1v) is 9.33. The molecule has 4 rings (SSSR count). The Balaban J connectivity index is 1.74. The molecule has 8 heteroatoms. The minimum absolute atomic E-state index is 0.0832. The van der Waals surface area contributed by atoms with Crippen LogP contribution in [0.1, 0.15) is 18.5 Å². The van der Waals surface area contributed by atoms with Crippen LogP contribution in [0.4, 0.5) is 4.39 Å². The molecule has 0 amide bonds. The monoisotopic (exact) mass is 407 g/mol. The van der Waals surface area contributed by atoms with Crippen molar-refractivity contribution in [2.45, 2.75) is 32.5 Å². The summed E-state index contributed by atoms with van der Waals surface area (Å²) >= 11 is 12.5. The molecule has 1 aromatic carbocycles. The smallest absolute Gasteiger partial charge is 0.276 e. The molecule has 0 fully saturated rings. The first kappa shape index (κ1) is 18.1. The summed E-state index contributed by atoms with van der Waals surface area (Å²) in [5.74, 6) is -0.351. The maximum Gasteiger partial charge on any atom is 0.276 e. The minimum Gasteiger partial charge on any atom is -0.486 e. The van der Waals surface area contributed by atoms with Crippen LogP contribution in [0.2, 0.25) is 10.2 Å². The van der Waals surface area contributed by atoms with Crippen molar-refractivity contribution in [1.29, 1.82) is 0 Å². The van der Waals surface area contributed by atoms with E-state index in [9.17, 15) is 9.18 Å². The number of ether oxygens (including phenoxy) is 1. The number of hydrogen-bond donors (Lipinski definition) is 0. The number of rotatable bonds is 4. The lowest BCUT2D eigenvalue weighted by molar-refractivity contribution is 0.301. The maximum atomic E-state index is 14.6. The van der Waals surface area contributed by atoms with Gasteiger partial charge in [-0.05, 0) is 37.1 Å². The minimum atomic E-state index is -0.618. The number of pyridine rings is 1. The van der Waals surface area contributed by atoms with Crippen molar-refractivity contribution >= 4 is 23.2 Å². The van der Waals surface area contributed by atoms with Crippen molar-refractivity contribution in [3.05, 3.63) is 68.6 Å². The molecule has 0 N–H and O–H groups in total. The molecule has 0 aliphatic carbocycles. The fourth-order valence-corrected chi connectivity index (χ4v) is 3.78. The molecule has 3 aromatic rings. The van der Waals surface area contributed by atoms with E-state index in [-0.39, 0.29) is 39.2 Å². The van der Waals surface area contributed by atoms with Crippen molar-refractivity contribution in [3.8, 4) is 16.9 Å². The van der Waals surface area contributed by atoms with Gasteiger partial charge in [-0.1, -0.05) is 29.3 Å². The summed E-state index contributed by atoms with van der Waals surface area (Å²) in [6.07, 6.45) is 3.47. The zero-order chi connectivity index (χ0) is 19.0. The van der Waals surface area contributed by atoms with Crippen LogP contribution in [0.25, 0.3) is 11.1 Å². The lowest BCUT2D eigenvalue weighted by atomic mass is 10.1. The van der Waals surface area contributed by atoms with Crippen LogP contribution in [0, 0.1) is 5.82 Å². The Bertz CT molecular complexity index is 1050. The highest BCUT2D eigenvalue weighted by molar-refractivity contribution is 6.33. The molecule has 0 atom stereocenters. The van der Waals surface area contributed by atoms with Gasteiger partial charge in [0, 0.05) is 24.8 Å². The topological polar surface area (TPSA) is 49.0 Å². The van der Waals surface area contributed by atoms with Crippen molar-refractivity contribution in [2.24, 2.45) is 0 Å². The quantitative estimate of drug-likeness (QED) is 0.638. The third-order valence-electron chi connectivity index (χ3n) is 4.56. The molecule has 1 aliphatic rings. The van der Waals surface area contributed by atoms with E-state index in [0.717, 1.165) is 18.9 Å². The number of fused-ring (bicyclic) bond motifs is 1. The van der Waals surface area contributed by atoms with Gasteiger partial charge in [-0.2, -0.15) is 0 Å². The average Bonchev–Trinajstić information content (AvgIpc) is 2.93. The summed E-state index contributed by atoms with van der Waals surface area (Å²) in [4.78, 5) is 16.9. The molecule has 5 nitrogen and oxygen atoms in total. The summed E-state index contributed by atoms with van der Waals surface area (Å²) in [6, 6.07) is 8.02. The number of halogens is 3. The van der Waals surface area contributed by atoms with Gasteiger partial charge in [0.25, 0.3) is 5.56 Å². The molecule has 27 heavy (non-hydrogen) atoms. The van der Waals surface area contributed by atoms with E-state index in [1.54, 1.807) is 21.6 Å². The van der Waals surface area contributed by atoms with Crippen molar-refractivity contribution < 1.29 is 9.13 Å². The standard InChI is InChI=1S/C19H16Cl2FN3O2/c20-14-10-15(22)13(9-16(14)27-11-12-5-1-2-6-23-12)17-18(21)24-7-3-4-8-25(24)19(17)26/h1-2,5-6,9-10H,3-4,7-8,11H2. The Labute approximate surface area is 164 Å². The second kappa shape index (κ2) is 7.37. The first-order chi connectivity index (χ1) is 13.1. The van der Waals surface area contributed by atoms with Crippen LogP contribution in [0.15, 0.2) is 41.3 Å². The van der Waals surface area contributed by atoms with Gasteiger partial charge in [-0.3, -0.25) is 14.5 Å². The molecule has 140 valence electrons. The Morgan fingerprint density at radius 2 is 1.93 bits per heavy atom. The molecule has 3 heterocycles. The van der Waals surface area contributed by atoms with Gasteiger partial charge in [0.1, 0.15) is 23.3 Å². The highest BCUT2D eigenvalue weighted by Crippen LogP contribution is 2.36. The number of benzene rings is 1. The Hall–Kier alpha value is -2.31. The summed E-state index contributed by atoms with van der Waals surface area (Å²) in [6.45, 7) is 1.37. The summed E-state index contributed by atoms with van der Waals surface area (Å²) in [5.41, 5.74) is 0.615. The second-order valence-electron chi connectivity index (χ2n) is 6.30. The second-order valence-corrected chi connectivity index (χ2v) is 7.06. The first-order valence-electron chi connectivity index (χ1n) is 8.57. The zero-order valence-electron chi connectivity index (χ0n) is 14.3. The normalized spacial score (nSPS) is 13.4. The summed E-state index contributed by atoms with van der Waals surface area (Å²) in [7, 11) is 0. The Morgan fingerprint density at radius 1 is 1.15 bits per heavy atom. The van der Waals surface area contributed by atoms with Crippen LogP contribution in [0.3, 0.4) is 0 Å². The predicted molar refractivity (Wildman–Crippen MR) is 102 cm³/mol.